The van der Waals surface area contributed by atoms with E-state index in [4.69, 9.17) is 21.6 Å². The fourth-order valence-electron chi connectivity index (χ4n) is 3.62. The van der Waals surface area contributed by atoms with Crippen LogP contribution in [0.15, 0.2) is 18.2 Å². The molecule has 21 heavy (non-hydrogen) atoms. The number of ether oxygens (including phenoxy) is 1. The standard InChI is InChI=1S/C17H21ClN2O/c18-15-5-4-13(12-19)10-16(15)20-14-6-9-21-17(11-14)7-2-1-3-8-17/h4-5,10,14,20H,1-3,6-9,11H2. The van der Waals surface area contributed by atoms with E-state index in [1.165, 1.54) is 32.1 Å². The molecule has 1 aromatic rings. The highest BCUT2D eigenvalue weighted by Crippen LogP contribution is 2.39. The third-order valence-electron chi connectivity index (χ3n) is 4.71. The van der Waals surface area contributed by atoms with Crippen molar-refractivity contribution in [3.8, 4) is 6.07 Å². The van der Waals surface area contributed by atoms with Gasteiger partial charge in [-0.2, -0.15) is 5.26 Å². The largest absolute Gasteiger partial charge is 0.381 e. The van der Waals surface area contributed by atoms with Crippen molar-refractivity contribution in [3.05, 3.63) is 28.8 Å². The Bertz CT molecular complexity index is 541. The van der Waals surface area contributed by atoms with Crippen molar-refractivity contribution in [2.75, 3.05) is 11.9 Å². The maximum atomic E-state index is 9.02. The Kier molecular flexibility index (Phi) is 4.37. The average Bonchev–Trinajstić information content (AvgIpc) is 2.50. The van der Waals surface area contributed by atoms with Gasteiger partial charge in [0.15, 0.2) is 0 Å². The van der Waals surface area contributed by atoms with E-state index in [0.717, 1.165) is 25.1 Å². The quantitative estimate of drug-likeness (QED) is 0.874. The van der Waals surface area contributed by atoms with Crippen molar-refractivity contribution in [2.45, 2.75) is 56.6 Å². The molecule has 1 unspecified atom stereocenters. The fraction of sp³-hybridized carbons (Fsp3) is 0.588. The molecule has 4 heteroatoms. The fourth-order valence-corrected chi connectivity index (χ4v) is 3.79. The number of nitrogens with zero attached hydrogens (tertiary/aromatic N) is 1. The zero-order valence-electron chi connectivity index (χ0n) is 12.2. The molecule has 0 amide bonds. The lowest BCUT2D eigenvalue weighted by Gasteiger charge is -2.44. The predicted octanol–water partition coefficient (Wildman–Crippen LogP) is 4.51. The molecule has 1 atom stereocenters. The topological polar surface area (TPSA) is 45.0 Å². The van der Waals surface area contributed by atoms with Crippen molar-refractivity contribution in [1.29, 1.82) is 5.26 Å². The van der Waals surface area contributed by atoms with Crippen LogP contribution in [0.3, 0.4) is 0 Å². The van der Waals surface area contributed by atoms with Crippen molar-refractivity contribution < 1.29 is 4.74 Å². The van der Waals surface area contributed by atoms with Gasteiger partial charge in [-0.15, -0.1) is 0 Å². The summed E-state index contributed by atoms with van der Waals surface area (Å²) in [6.45, 7) is 0.813. The van der Waals surface area contributed by atoms with Gasteiger partial charge in [-0.3, -0.25) is 0 Å². The summed E-state index contributed by atoms with van der Waals surface area (Å²) in [5.41, 5.74) is 1.59. The molecular weight excluding hydrogens is 284 g/mol. The van der Waals surface area contributed by atoms with Crippen LogP contribution in [0.25, 0.3) is 0 Å². The van der Waals surface area contributed by atoms with Gasteiger partial charge in [0.1, 0.15) is 0 Å². The Labute approximate surface area is 131 Å². The SMILES string of the molecule is N#Cc1ccc(Cl)c(NC2CCOC3(CCCCC3)C2)c1. The third-order valence-corrected chi connectivity index (χ3v) is 5.04. The number of benzene rings is 1. The normalized spacial score (nSPS) is 24.5. The first-order chi connectivity index (χ1) is 10.2. The molecular formula is C17H21ClN2O. The van der Waals surface area contributed by atoms with E-state index in [2.05, 4.69) is 11.4 Å². The molecule has 3 rings (SSSR count). The maximum Gasteiger partial charge on any atom is 0.0992 e. The molecule has 2 aliphatic rings. The van der Waals surface area contributed by atoms with E-state index < -0.39 is 0 Å². The molecule has 1 heterocycles. The first kappa shape index (κ1) is 14.7. The van der Waals surface area contributed by atoms with Crippen molar-refractivity contribution in [2.24, 2.45) is 0 Å². The van der Waals surface area contributed by atoms with E-state index in [1.807, 2.05) is 6.07 Å². The molecule has 0 bridgehead atoms. The minimum atomic E-state index is 0.0769. The molecule has 1 saturated carbocycles. The number of nitriles is 1. The number of rotatable bonds is 2. The summed E-state index contributed by atoms with van der Waals surface area (Å²) >= 11 is 6.25. The average molecular weight is 305 g/mol. The van der Waals surface area contributed by atoms with Gasteiger partial charge in [0.2, 0.25) is 0 Å². The molecule has 1 saturated heterocycles. The summed E-state index contributed by atoms with van der Waals surface area (Å²) in [7, 11) is 0. The molecule has 1 aliphatic heterocycles. The predicted molar refractivity (Wildman–Crippen MR) is 84.6 cm³/mol. The number of anilines is 1. The second-order valence-electron chi connectivity index (χ2n) is 6.23. The minimum Gasteiger partial charge on any atom is -0.381 e. The molecule has 1 spiro atoms. The Morgan fingerprint density at radius 3 is 2.86 bits per heavy atom. The van der Waals surface area contributed by atoms with Crippen molar-refractivity contribution in [3.63, 3.8) is 0 Å². The summed E-state index contributed by atoms with van der Waals surface area (Å²) in [5.74, 6) is 0. The van der Waals surface area contributed by atoms with E-state index in [9.17, 15) is 0 Å². The Morgan fingerprint density at radius 1 is 1.29 bits per heavy atom. The summed E-state index contributed by atoms with van der Waals surface area (Å²) < 4.78 is 6.12. The first-order valence-electron chi connectivity index (χ1n) is 7.81. The lowest BCUT2D eigenvalue weighted by Crippen LogP contribution is -2.45. The van der Waals surface area contributed by atoms with Crippen molar-refractivity contribution >= 4 is 17.3 Å². The van der Waals surface area contributed by atoms with Crippen LogP contribution in [0, 0.1) is 11.3 Å². The van der Waals surface area contributed by atoms with Gasteiger partial charge in [-0.25, -0.2) is 0 Å². The summed E-state index contributed by atoms with van der Waals surface area (Å²) in [6.07, 6.45) is 8.28. The Balaban J connectivity index is 1.71. The highest BCUT2D eigenvalue weighted by molar-refractivity contribution is 6.33. The minimum absolute atomic E-state index is 0.0769. The van der Waals surface area contributed by atoms with Crippen LogP contribution in [-0.2, 0) is 4.74 Å². The molecule has 2 fully saturated rings. The highest BCUT2D eigenvalue weighted by atomic mass is 35.5. The second kappa shape index (κ2) is 6.25. The first-order valence-corrected chi connectivity index (χ1v) is 8.19. The number of hydrogen-bond acceptors (Lipinski definition) is 3. The van der Waals surface area contributed by atoms with Crippen LogP contribution in [-0.4, -0.2) is 18.2 Å². The van der Waals surface area contributed by atoms with Crippen LogP contribution >= 0.6 is 11.6 Å². The van der Waals surface area contributed by atoms with Crippen molar-refractivity contribution in [1.82, 2.24) is 0 Å². The molecule has 112 valence electrons. The van der Waals surface area contributed by atoms with Gasteiger partial charge < -0.3 is 10.1 Å². The summed E-state index contributed by atoms with van der Waals surface area (Å²) in [6, 6.07) is 7.92. The van der Waals surface area contributed by atoms with E-state index in [1.54, 1.807) is 12.1 Å². The van der Waals surface area contributed by atoms with Gasteiger partial charge in [0.05, 0.1) is 27.9 Å². The van der Waals surface area contributed by atoms with Crippen LogP contribution in [0.5, 0.6) is 0 Å². The monoisotopic (exact) mass is 304 g/mol. The zero-order chi connectivity index (χ0) is 14.7. The highest BCUT2D eigenvalue weighted by Gasteiger charge is 2.38. The van der Waals surface area contributed by atoms with Gasteiger partial charge in [0, 0.05) is 12.6 Å². The van der Waals surface area contributed by atoms with E-state index in [-0.39, 0.29) is 5.60 Å². The maximum absolute atomic E-state index is 9.02. The van der Waals surface area contributed by atoms with Gasteiger partial charge in [-0.1, -0.05) is 30.9 Å². The zero-order valence-corrected chi connectivity index (χ0v) is 13.0. The molecule has 0 aromatic heterocycles. The third kappa shape index (κ3) is 3.33. The summed E-state index contributed by atoms with van der Waals surface area (Å²) in [5, 5.41) is 13.2. The molecule has 1 N–H and O–H groups in total. The van der Waals surface area contributed by atoms with Gasteiger partial charge in [-0.05, 0) is 43.9 Å². The molecule has 1 aromatic carbocycles. The number of halogens is 1. The smallest absolute Gasteiger partial charge is 0.0992 e. The van der Waals surface area contributed by atoms with Gasteiger partial charge >= 0.3 is 0 Å². The molecule has 0 radical (unpaired) electrons. The van der Waals surface area contributed by atoms with E-state index in [0.29, 0.717) is 16.6 Å². The molecule has 1 aliphatic carbocycles. The number of hydrogen-bond donors (Lipinski definition) is 1. The Hall–Kier alpha value is -1.24. The van der Waals surface area contributed by atoms with Crippen LogP contribution in [0.4, 0.5) is 5.69 Å². The van der Waals surface area contributed by atoms with E-state index >= 15 is 0 Å². The number of nitrogens with one attached hydrogen (secondary N) is 1. The van der Waals surface area contributed by atoms with Gasteiger partial charge in [0.25, 0.3) is 0 Å². The molecule has 3 nitrogen and oxygen atoms in total. The second-order valence-corrected chi connectivity index (χ2v) is 6.64. The Morgan fingerprint density at radius 2 is 2.10 bits per heavy atom. The summed E-state index contributed by atoms with van der Waals surface area (Å²) in [4.78, 5) is 0. The lowest BCUT2D eigenvalue weighted by atomic mass is 9.78. The van der Waals surface area contributed by atoms with Crippen LogP contribution < -0.4 is 5.32 Å². The van der Waals surface area contributed by atoms with Crippen LogP contribution in [0.2, 0.25) is 5.02 Å². The lowest BCUT2D eigenvalue weighted by molar-refractivity contribution is -0.103. The van der Waals surface area contributed by atoms with Crippen LogP contribution in [0.1, 0.15) is 50.5 Å².